The smallest absolute Gasteiger partial charge is 0.329 e. The number of aliphatic hydroxyl groups is 1. The summed E-state index contributed by atoms with van der Waals surface area (Å²) in [6.45, 7) is -0.438. The summed E-state index contributed by atoms with van der Waals surface area (Å²) in [7, 11) is 0. The van der Waals surface area contributed by atoms with Gasteiger partial charge in [-0.15, -0.1) is 0 Å². The van der Waals surface area contributed by atoms with Crippen LogP contribution in [0.5, 0.6) is 5.75 Å². The van der Waals surface area contributed by atoms with E-state index in [1.54, 1.807) is 30.3 Å². The van der Waals surface area contributed by atoms with E-state index in [0.717, 1.165) is 12.5 Å². The van der Waals surface area contributed by atoms with Crippen LogP contribution < -0.4 is 4.74 Å². The van der Waals surface area contributed by atoms with Gasteiger partial charge in [0.05, 0.1) is 25.4 Å². The molecule has 30 heavy (non-hydrogen) atoms. The summed E-state index contributed by atoms with van der Waals surface area (Å²) in [5.41, 5.74) is 0. The number of aliphatic carboxylic acids is 1. The van der Waals surface area contributed by atoms with Crippen LogP contribution in [0.3, 0.4) is 0 Å². The highest BCUT2D eigenvalue weighted by atomic mass is 19.3. The van der Waals surface area contributed by atoms with Gasteiger partial charge >= 0.3 is 5.97 Å². The third-order valence-electron chi connectivity index (χ3n) is 5.66. The molecule has 0 spiro atoms. The molecule has 1 saturated carbocycles. The lowest BCUT2D eigenvalue weighted by atomic mass is 9.87. The predicted molar refractivity (Wildman–Crippen MR) is 105 cm³/mol. The van der Waals surface area contributed by atoms with Crippen molar-refractivity contribution in [3.8, 4) is 5.75 Å². The first-order chi connectivity index (χ1) is 14.3. The molecule has 1 saturated heterocycles. The number of hydrogen-bond acceptors (Lipinski definition) is 5. The third-order valence-corrected chi connectivity index (χ3v) is 5.66. The van der Waals surface area contributed by atoms with E-state index >= 15 is 0 Å². The van der Waals surface area contributed by atoms with E-state index in [1.165, 1.54) is 6.08 Å². The normalized spacial score (nSPS) is 29.5. The van der Waals surface area contributed by atoms with Gasteiger partial charge in [0, 0.05) is 18.3 Å². The minimum Gasteiger partial charge on any atom is -0.487 e. The van der Waals surface area contributed by atoms with E-state index in [9.17, 15) is 18.7 Å². The number of benzene rings is 1. The fourth-order valence-electron chi connectivity index (χ4n) is 4.16. The monoisotopic (exact) mass is 426 g/mol. The highest BCUT2D eigenvalue weighted by Crippen LogP contribution is 2.41. The maximum absolute atomic E-state index is 14.3. The Labute approximate surface area is 174 Å². The molecular formula is C22H28F2O6. The standard InChI is InChI=1S/C22H28F2O6/c23-22(24,14-30-16-4-2-1-3-5-16)9-8-17-18-7-6-15(11-28-13-21(26)27)12-29-20(18)10-19(17)25/h1-5,8-9,15,17-20,25H,6-7,10-14H2,(H,26,27)/b9-8+/t15-,17-,18-,19-,20+/m1/s1. The Hall–Kier alpha value is -2.03. The summed E-state index contributed by atoms with van der Waals surface area (Å²) in [6, 6.07) is 8.43. The van der Waals surface area contributed by atoms with E-state index in [4.69, 9.17) is 19.3 Å². The molecular weight excluding hydrogens is 398 g/mol. The molecule has 2 aliphatic rings. The second-order valence-electron chi connectivity index (χ2n) is 7.99. The van der Waals surface area contributed by atoms with E-state index < -0.39 is 30.5 Å². The average molecular weight is 426 g/mol. The summed E-state index contributed by atoms with van der Waals surface area (Å²) in [4.78, 5) is 10.6. The first-order valence-corrected chi connectivity index (χ1v) is 10.2. The molecule has 2 N–H and O–H groups in total. The number of alkyl halides is 2. The zero-order chi connectivity index (χ0) is 21.6. The Bertz CT molecular complexity index is 711. The minimum absolute atomic E-state index is 0.0532. The molecule has 0 bridgehead atoms. The lowest BCUT2D eigenvalue weighted by Gasteiger charge is -2.21. The lowest BCUT2D eigenvalue weighted by molar-refractivity contribution is -0.143. The number of carbonyl (C=O) groups is 1. The summed E-state index contributed by atoms with van der Waals surface area (Å²) in [6.07, 6.45) is 3.11. The van der Waals surface area contributed by atoms with Gasteiger partial charge in [-0.2, -0.15) is 8.78 Å². The van der Waals surface area contributed by atoms with Gasteiger partial charge in [-0.3, -0.25) is 0 Å². The molecule has 1 aliphatic heterocycles. The number of halogens is 2. The van der Waals surface area contributed by atoms with Crippen LogP contribution in [0.25, 0.3) is 0 Å². The van der Waals surface area contributed by atoms with Crippen LogP contribution in [-0.4, -0.2) is 60.7 Å². The summed E-state index contributed by atoms with van der Waals surface area (Å²) in [5, 5.41) is 19.0. The highest BCUT2D eigenvalue weighted by Gasteiger charge is 2.44. The van der Waals surface area contributed by atoms with Crippen molar-refractivity contribution in [2.75, 3.05) is 26.4 Å². The van der Waals surface area contributed by atoms with Crippen molar-refractivity contribution in [1.82, 2.24) is 0 Å². The minimum atomic E-state index is -3.16. The van der Waals surface area contributed by atoms with Crippen molar-refractivity contribution in [3.05, 3.63) is 42.5 Å². The van der Waals surface area contributed by atoms with Crippen LogP contribution in [0.15, 0.2) is 42.5 Å². The zero-order valence-corrected chi connectivity index (χ0v) is 16.7. The molecule has 1 aromatic carbocycles. The van der Waals surface area contributed by atoms with Crippen molar-refractivity contribution < 1.29 is 38.0 Å². The molecule has 0 aromatic heterocycles. The Kier molecular flexibility index (Phi) is 7.80. The van der Waals surface area contributed by atoms with E-state index in [1.807, 2.05) is 0 Å². The molecule has 1 heterocycles. The molecule has 0 unspecified atom stereocenters. The number of aliphatic hydroxyl groups excluding tert-OH is 1. The molecule has 1 aromatic rings. The number of carboxylic acid groups (broad SMARTS) is 1. The van der Waals surface area contributed by atoms with Crippen LogP contribution in [0.1, 0.15) is 19.3 Å². The second kappa shape index (κ2) is 10.3. The van der Waals surface area contributed by atoms with Crippen LogP contribution in [0.2, 0.25) is 0 Å². The van der Waals surface area contributed by atoms with Gasteiger partial charge in [0.1, 0.15) is 12.4 Å². The largest absolute Gasteiger partial charge is 0.487 e. The number of carboxylic acids is 1. The summed E-state index contributed by atoms with van der Waals surface area (Å²) >= 11 is 0. The SMILES string of the molecule is O=C(O)COC[C@H]1CC[C@@H]2[C@@H](/C=C/C(F)(F)COc3ccccc3)[C@H](O)C[C@@H]2OC1. The number of rotatable bonds is 9. The fraction of sp³-hybridized carbons (Fsp3) is 0.591. The van der Waals surface area contributed by atoms with Crippen molar-refractivity contribution in [2.45, 2.75) is 37.4 Å². The van der Waals surface area contributed by atoms with E-state index in [2.05, 4.69) is 0 Å². The number of para-hydroxylation sites is 1. The second-order valence-corrected chi connectivity index (χ2v) is 7.99. The van der Waals surface area contributed by atoms with Gasteiger partial charge in [0.2, 0.25) is 0 Å². The van der Waals surface area contributed by atoms with Crippen LogP contribution in [-0.2, 0) is 14.3 Å². The number of ether oxygens (including phenoxy) is 3. The van der Waals surface area contributed by atoms with Crippen molar-refractivity contribution in [2.24, 2.45) is 17.8 Å². The Morgan fingerprint density at radius 1 is 1.27 bits per heavy atom. The molecule has 5 atom stereocenters. The Morgan fingerprint density at radius 3 is 2.77 bits per heavy atom. The molecule has 1 aliphatic carbocycles. The maximum Gasteiger partial charge on any atom is 0.329 e. The fourth-order valence-corrected chi connectivity index (χ4v) is 4.16. The summed E-state index contributed by atoms with van der Waals surface area (Å²) in [5.74, 6) is -4.24. The van der Waals surface area contributed by atoms with Gasteiger partial charge in [0.15, 0.2) is 6.61 Å². The molecule has 8 heteroatoms. The first kappa shape index (κ1) is 22.7. The van der Waals surface area contributed by atoms with Crippen molar-refractivity contribution >= 4 is 5.97 Å². The van der Waals surface area contributed by atoms with Gasteiger partial charge in [-0.1, -0.05) is 24.3 Å². The third kappa shape index (κ3) is 6.48. The average Bonchev–Trinajstić information content (AvgIpc) is 2.88. The highest BCUT2D eigenvalue weighted by molar-refractivity contribution is 5.67. The molecule has 6 nitrogen and oxygen atoms in total. The number of hydrogen-bond donors (Lipinski definition) is 2. The molecule has 0 radical (unpaired) electrons. The van der Waals surface area contributed by atoms with E-state index in [-0.39, 0.29) is 31.2 Å². The predicted octanol–water partition coefficient (Wildman–Crippen LogP) is 3.15. The first-order valence-electron chi connectivity index (χ1n) is 10.2. The van der Waals surface area contributed by atoms with Crippen molar-refractivity contribution in [3.63, 3.8) is 0 Å². The quantitative estimate of drug-likeness (QED) is 0.590. The molecule has 3 rings (SSSR count). The lowest BCUT2D eigenvalue weighted by Crippen LogP contribution is -2.25. The number of fused-ring (bicyclic) bond motifs is 1. The van der Waals surface area contributed by atoms with Gasteiger partial charge in [0.25, 0.3) is 5.92 Å². The molecule has 166 valence electrons. The maximum atomic E-state index is 14.3. The topological polar surface area (TPSA) is 85.2 Å². The van der Waals surface area contributed by atoms with Gasteiger partial charge in [-0.05, 0) is 37.0 Å². The molecule has 0 amide bonds. The van der Waals surface area contributed by atoms with Gasteiger partial charge < -0.3 is 24.4 Å². The Morgan fingerprint density at radius 2 is 2.03 bits per heavy atom. The van der Waals surface area contributed by atoms with Gasteiger partial charge in [-0.25, -0.2) is 4.79 Å². The van der Waals surface area contributed by atoms with E-state index in [0.29, 0.717) is 25.2 Å². The Balaban J connectivity index is 1.54. The van der Waals surface area contributed by atoms with Crippen LogP contribution in [0, 0.1) is 17.8 Å². The zero-order valence-electron chi connectivity index (χ0n) is 16.7. The summed E-state index contributed by atoms with van der Waals surface area (Å²) < 4.78 is 44.8. The van der Waals surface area contributed by atoms with Crippen LogP contribution >= 0.6 is 0 Å². The van der Waals surface area contributed by atoms with Crippen LogP contribution in [0.4, 0.5) is 8.78 Å². The molecule has 2 fully saturated rings. The van der Waals surface area contributed by atoms with Crippen molar-refractivity contribution in [1.29, 1.82) is 0 Å².